The normalized spacial score (nSPS) is 14.9. The minimum absolute atomic E-state index is 0.0506. The largest absolute Gasteiger partial charge is 0.188 e. The zero-order chi connectivity index (χ0) is 18.9. The SMILES string of the molecule is CC(C)(C)N=NC(CC1c2ccccc2-c2ccccc21)c1ccccc1. The highest BCUT2D eigenvalue weighted by Gasteiger charge is 2.30. The summed E-state index contributed by atoms with van der Waals surface area (Å²) in [6.07, 6.45) is 0.928. The number of benzene rings is 3. The molecule has 0 bridgehead atoms. The van der Waals surface area contributed by atoms with Crippen molar-refractivity contribution in [3.05, 3.63) is 95.6 Å². The Balaban J connectivity index is 1.74. The molecule has 27 heavy (non-hydrogen) atoms. The number of azo groups is 1. The van der Waals surface area contributed by atoms with Gasteiger partial charge in [0.1, 0.15) is 0 Å². The molecule has 3 aromatic carbocycles. The van der Waals surface area contributed by atoms with E-state index in [0.717, 1.165) is 6.42 Å². The Morgan fingerprint density at radius 2 is 1.26 bits per heavy atom. The minimum atomic E-state index is -0.168. The molecule has 0 N–H and O–H groups in total. The van der Waals surface area contributed by atoms with E-state index in [1.165, 1.54) is 27.8 Å². The fourth-order valence-corrected chi connectivity index (χ4v) is 3.91. The van der Waals surface area contributed by atoms with Crippen molar-refractivity contribution in [1.29, 1.82) is 0 Å². The van der Waals surface area contributed by atoms with Crippen LogP contribution in [0.1, 0.15) is 55.8 Å². The van der Waals surface area contributed by atoms with Gasteiger partial charge >= 0.3 is 0 Å². The minimum Gasteiger partial charge on any atom is -0.188 e. The average molecular weight is 354 g/mol. The van der Waals surface area contributed by atoms with E-state index < -0.39 is 0 Å². The molecule has 0 heterocycles. The van der Waals surface area contributed by atoms with Crippen LogP contribution in [0.15, 0.2) is 89.1 Å². The fourth-order valence-electron chi connectivity index (χ4n) is 3.91. The van der Waals surface area contributed by atoms with Crippen molar-refractivity contribution in [2.75, 3.05) is 0 Å². The zero-order valence-corrected chi connectivity index (χ0v) is 16.3. The lowest BCUT2D eigenvalue weighted by Gasteiger charge is -2.20. The van der Waals surface area contributed by atoms with Gasteiger partial charge in [0.15, 0.2) is 0 Å². The van der Waals surface area contributed by atoms with Crippen molar-refractivity contribution in [3.63, 3.8) is 0 Å². The lowest BCUT2D eigenvalue weighted by atomic mass is 9.88. The van der Waals surface area contributed by atoms with Gasteiger partial charge in [0.2, 0.25) is 0 Å². The number of fused-ring (bicyclic) bond motifs is 3. The van der Waals surface area contributed by atoms with Crippen LogP contribution in [0.2, 0.25) is 0 Å². The molecular weight excluding hydrogens is 328 g/mol. The highest BCUT2D eigenvalue weighted by molar-refractivity contribution is 5.78. The van der Waals surface area contributed by atoms with Gasteiger partial charge < -0.3 is 0 Å². The van der Waals surface area contributed by atoms with Crippen molar-refractivity contribution < 1.29 is 0 Å². The zero-order valence-electron chi connectivity index (χ0n) is 16.3. The Labute approximate surface area is 162 Å². The highest BCUT2D eigenvalue weighted by Crippen LogP contribution is 2.48. The predicted octanol–water partition coefficient (Wildman–Crippen LogP) is 7.18. The Morgan fingerprint density at radius 3 is 1.81 bits per heavy atom. The molecule has 1 aliphatic carbocycles. The van der Waals surface area contributed by atoms with E-state index in [0.29, 0.717) is 5.92 Å². The van der Waals surface area contributed by atoms with Gasteiger partial charge in [-0.05, 0) is 55.0 Å². The molecule has 0 fully saturated rings. The molecule has 136 valence electrons. The molecule has 2 heteroatoms. The van der Waals surface area contributed by atoms with Gasteiger partial charge in [-0.2, -0.15) is 10.2 Å². The van der Waals surface area contributed by atoms with E-state index >= 15 is 0 Å². The quantitative estimate of drug-likeness (QED) is 0.443. The Bertz CT molecular complexity index is 906. The lowest BCUT2D eigenvalue weighted by Crippen LogP contribution is -2.10. The summed E-state index contributed by atoms with van der Waals surface area (Å²) >= 11 is 0. The topological polar surface area (TPSA) is 24.7 Å². The van der Waals surface area contributed by atoms with E-state index in [4.69, 9.17) is 5.11 Å². The van der Waals surface area contributed by atoms with Crippen LogP contribution in [0.4, 0.5) is 0 Å². The first kappa shape index (κ1) is 17.7. The second-order valence-corrected chi connectivity index (χ2v) is 8.28. The Hall–Kier alpha value is -2.74. The standard InChI is InChI=1S/C25H26N2/c1-25(2,3)27-26-24(18-11-5-4-6-12-18)17-23-21-15-9-7-13-19(21)20-14-8-10-16-22(20)23/h4-16,23-24H,17H2,1-3H3. The van der Waals surface area contributed by atoms with Crippen LogP contribution in [0.3, 0.4) is 0 Å². The van der Waals surface area contributed by atoms with Gasteiger partial charge in [0.25, 0.3) is 0 Å². The highest BCUT2D eigenvalue weighted by atomic mass is 15.2. The molecule has 4 rings (SSSR count). The molecule has 0 amide bonds. The molecule has 0 aliphatic heterocycles. The van der Waals surface area contributed by atoms with Crippen LogP contribution in [0.5, 0.6) is 0 Å². The summed E-state index contributed by atoms with van der Waals surface area (Å²) in [7, 11) is 0. The van der Waals surface area contributed by atoms with Crippen molar-refractivity contribution >= 4 is 0 Å². The number of hydrogen-bond donors (Lipinski definition) is 0. The molecule has 1 unspecified atom stereocenters. The molecule has 0 radical (unpaired) electrons. The fraction of sp³-hybridized carbons (Fsp3) is 0.280. The van der Waals surface area contributed by atoms with Gasteiger partial charge in [-0.1, -0.05) is 78.9 Å². The monoisotopic (exact) mass is 354 g/mol. The predicted molar refractivity (Wildman–Crippen MR) is 112 cm³/mol. The van der Waals surface area contributed by atoms with E-state index in [9.17, 15) is 0 Å². The summed E-state index contributed by atoms with van der Waals surface area (Å²) in [4.78, 5) is 0. The maximum Gasteiger partial charge on any atom is 0.0966 e. The molecule has 0 aromatic heterocycles. The summed E-state index contributed by atoms with van der Waals surface area (Å²) < 4.78 is 0. The third kappa shape index (κ3) is 3.71. The van der Waals surface area contributed by atoms with Gasteiger partial charge in [0.05, 0.1) is 11.6 Å². The molecule has 3 aromatic rings. The molecule has 1 aliphatic rings. The van der Waals surface area contributed by atoms with E-state index in [1.54, 1.807) is 0 Å². The molecule has 0 saturated heterocycles. The van der Waals surface area contributed by atoms with Crippen LogP contribution >= 0.6 is 0 Å². The van der Waals surface area contributed by atoms with Crippen LogP contribution in [0, 0.1) is 0 Å². The van der Waals surface area contributed by atoms with Crippen molar-refractivity contribution in [1.82, 2.24) is 0 Å². The first-order chi connectivity index (χ1) is 13.0. The number of hydrogen-bond acceptors (Lipinski definition) is 2. The second-order valence-electron chi connectivity index (χ2n) is 8.28. The van der Waals surface area contributed by atoms with Crippen LogP contribution in [0.25, 0.3) is 11.1 Å². The Kier molecular flexibility index (Phi) is 4.65. The van der Waals surface area contributed by atoms with Crippen LogP contribution in [-0.2, 0) is 0 Å². The molecular formula is C25H26N2. The number of rotatable bonds is 4. The average Bonchev–Trinajstić information content (AvgIpc) is 2.99. The van der Waals surface area contributed by atoms with Crippen LogP contribution in [-0.4, -0.2) is 5.54 Å². The summed E-state index contributed by atoms with van der Waals surface area (Å²) in [5.41, 5.74) is 6.59. The molecule has 0 spiro atoms. The number of nitrogens with zero attached hydrogens (tertiary/aromatic N) is 2. The lowest BCUT2D eigenvalue weighted by molar-refractivity contribution is 0.491. The first-order valence-corrected chi connectivity index (χ1v) is 9.68. The van der Waals surface area contributed by atoms with Gasteiger partial charge in [0, 0.05) is 5.92 Å². The van der Waals surface area contributed by atoms with E-state index in [1.807, 2.05) is 0 Å². The maximum absolute atomic E-state index is 4.80. The molecule has 2 nitrogen and oxygen atoms in total. The third-order valence-corrected chi connectivity index (χ3v) is 5.10. The van der Waals surface area contributed by atoms with Crippen molar-refractivity contribution in [2.24, 2.45) is 10.2 Å². The van der Waals surface area contributed by atoms with E-state index in [-0.39, 0.29) is 11.6 Å². The third-order valence-electron chi connectivity index (χ3n) is 5.10. The van der Waals surface area contributed by atoms with Gasteiger partial charge in [-0.25, -0.2) is 0 Å². The van der Waals surface area contributed by atoms with Crippen LogP contribution < -0.4 is 0 Å². The summed E-state index contributed by atoms with van der Waals surface area (Å²) in [5.74, 6) is 0.349. The van der Waals surface area contributed by atoms with E-state index in [2.05, 4.69) is 105 Å². The smallest absolute Gasteiger partial charge is 0.0966 e. The first-order valence-electron chi connectivity index (χ1n) is 9.68. The summed E-state index contributed by atoms with van der Waals surface area (Å²) in [5, 5.41) is 9.41. The van der Waals surface area contributed by atoms with Gasteiger partial charge in [-0.3, -0.25) is 0 Å². The van der Waals surface area contributed by atoms with Gasteiger partial charge in [-0.15, -0.1) is 0 Å². The summed E-state index contributed by atoms with van der Waals surface area (Å²) in [6, 6.07) is 28.2. The second kappa shape index (κ2) is 7.11. The maximum atomic E-state index is 4.80. The molecule has 0 saturated carbocycles. The summed E-state index contributed by atoms with van der Waals surface area (Å²) in [6.45, 7) is 6.29. The van der Waals surface area contributed by atoms with Crippen molar-refractivity contribution in [2.45, 2.75) is 44.7 Å². The van der Waals surface area contributed by atoms with Crippen molar-refractivity contribution in [3.8, 4) is 11.1 Å². The Morgan fingerprint density at radius 1 is 0.741 bits per heavy atom. The molecule has 1 atom stereocenters.